The van der Waals surface area contributed by atoms with Gasteiger partial charge in [-0.25, -0.2) is 10.0 Å². The predicted molar refractivity (Wildman–Crippen MR) is 73.5 cm³/mol. The summed E-state index contributed by atoms with van der Waals surface area (Å²) in [5.41, 5.74) is 0.246. The molecule has 0 bridgehead atoms. The maximum Gasteiger partial charge on any atom is 0.328 e. The van der Waals surface area contributed by atoms with Gasteiger partial charge in [-0.2, -0.15) is 0 Å². The fourth-order valence-electron chi connectivity index (χ4n) is 2.54. The Morgan fingerprint density at radius 2 is 2.05 bits per heavy atom. The monoisotopic (exact) mass is 293 g/mol. The molecule has 0 spiro atoms. The molecule has 2 rings (SSSR count). The van der Waals surface area contributed by atoms with Crippen LogP contribution in [0.1, 0.15) is 26.3 Å². The highest BCUT2D eigenvalue weighted by Crippen LogP contribution is 2.44. The lowest BCUT2D eigenvalue weighted by atomic mass is 9.86. The van der Waals surface area contributed by atoms with Gasteiger partial charge >= 0.3 is 11.7 Å². The van der Waals surface area contributed by atoms with E-state index in [-0.39, 0.29) is 16.5 Å². The van der Waals surface area contributed by atoms with Crippen molar-refractivity contribution < 1.29 is 24.5 Å². The Bertz CT molecular complexity index is 638. The van der Waals surface area contributed by atoms with Crippen molar-refractivity contribution in [2.45, 2.75) is 32.2 Å². The fourth-order valence-corrected chi connectivity index (χ4v) is 2.54. The average Bonchev–Trinajstić information content (AvgIpc) is 2.64. The van der Waals surface area contributed by atoms with Crippen LogP contribution in [0, 0.1) is 4.91 Å². The summed E-state index contributed by atoms with van der Waals surface area (Å²) in [4.78, 5) is 36.4. The molecule has 7 nitrogen and oxygen atoms in total. The predicted octanol–water partition coefficient (Wildman–Crippen LogP) is 1.67. The van der Waals surface area contributed by atoms with E-state index in [2.05, 4.69) is 4.74 Å². The molecule has 1 heterocycles. The van der Waals surface area contributed by atoms with Gasteiger partial charge in [0.2, 0.25) is 5.91 Å². The number of carbonyl (C=O) groups excluding carboxylic acids is 2. The first-order valence-corrected chi connectivity index (χ1v) is 6.44. The Kier molecular flexibility index (Phi) is 3.44. The van der Waals surface area contributed by atoms with Crippen molar-refractivity contribution in [3.63, 3.8) is 0 Å². The summed E-state index contributed by atoms with van der Waals surface area (Å²) < 4.78 is 4.69. The number of methoxy groups -OCH3 is 1. The lowest BCUT2D eigenvalue weighted by Gasteiger charge is -2.24. The molecule has 0 radical (unpaired) electrons. The first kappa shape index (κ1) is 15.0. The van der Waals surface area contributed by atoms with Crippen molar-refractivity contribution >= 4 is 23.3 Å². The minimum absolute atomic E-state index is 0.0298. The molecule has 1 atom stereocenters. The molecule has 112 valence electrons. The minimum atomic E-state index is -0.899. The molecule has 0 saturated carbocycles. The summed E-state index contributed by atoms with van der Waals surface area (Å²) in [5.74, 6) is -0.786. The summed E-state index contributed by atoms with van der Waals surface area (Å²) >= 11 is 0. The number of ether oxygens (including phenoxy) is 1. The molecule has 1 aliphatic rings. The maximum absolute atomic E-state index is 12.6. The average molecular weight is 293 g/mol. The Labute approximate surface area is 121 Å². The molecule has 0 aliphatic carbocycles. The summed E-state index contributed by atoms with van der Waals surface area (Å²) in [6.45, 7) is 4.98. The number of esters is 1. The van der Waals surface area contributed by atoms with Gasteiger partial charge in [0.1, 0.15) is 6.04 Å². The van der Waals surface area contributed by atoms with Gasteiger partial charge in [0.15, 0.2) is 0 Å². The van der Waals surface area contributed by atoms with E-state index in [0.717, 1.165) is 0 Å². The Balaban J connectivity index is 2.58. The van der Waals surface area contributed by atoms with Crippen LogP contribution in [-0.4, -0.2) is 35.2 Å². The topological polar surface area (TPSA) is 86.9 Å². The zero-order chi connectivity index (χ0) is 15.9. The summed E-state index contributed by atoms with van der Waals surface area (Å²) in [6.07, 6.45) is 0. The number of hydrogen-bond donors (Lipinski definition) is 1. The zero-order valence-electron chi connectivity index (χ0n) is 12.3. The van der Waals surface area contributed by atoms with Gasteiger partial charge in [-0.15, -0.1) is 0 Å². The molecular weight excluding hydrogens is 276 g/mol. The lowest BCUT2D eigenvalue weighted by Crippen LogP contribution is -2.45. The van der Waals surface area contributed by atoms with Gasteiger partial charge in [-0.05, 0) is 32.4 Å². The lowest BCUT2D eigenvalue weighted by molar-refractivity contribution is -0.729. The molecule has 1 aliphatic heterocycles. The first-order chi connectivity index (χ1) is 9.71. The molecule has 0 saturated heterocycles. The maximum atomic E-state index is 12.6. The minimum Gasteiger partial charge on any atom is -0.467 e. The highest BCUT2D eigenvalue weighted by molar-refractivity contribution is 6.10. The second kappa shape index (κ2) is 4.83. The molecule has 7 heteroatoms. The number of rotatable bonds is 3. The normalized spacial score (nSPS) is 17.3. The smallest absolute Gasteiger partial charge is 0.328 e. The van der Waals surface area contributed by atoms with Crippen LogP contribution in [0.4, 0.5) is 11.4 Å². The highest BCUT2D eigenvalue weighted by atomic mass is 16.6. The first-order valence-electron chi connectivity index (χ1n) is 6.44. The van der Waals surface area contributed by atoms with Crippen molar-refractivity contribution in [1.29, 1.82) is 0 Å². The fraction of sp³-hybridized carbons (Fsp3) is 0.429. The van der Waals surface area contributed by atoms with Crippen LogP contribution < -0.4 is 4.90 Å². The van der Waals surface area contributed by atoms with E-state index >= 15 is 0 Å². The summed E-state index contributed by atoms with van der Waals surface area (Å²) in [7, 11) is 1.26. The van der Waals surface area contributed by atoms with Crippen molar-refractivity contribution in [2.75, 3.05) is 12.0 Å². The largest absolute Gasteiger partial charge is 0.467 e. The van der Waals surface area contributed by atoms with E-state index in [9.17, 15) is 14.5 Å². The molecule has 1 N–H and O–H groups in total. The van der Waals surface area contributed by atoms with E-state index in [0.29, 0.717) is 11.3 Å². The molecule has 0 fully saturated rings. The van der Waals surface area contributed by atoms with Gasteiger partial charge in [-0.1, -0.05) is 0 Å². The molecule has 1 aromatic rings. The van der Waals surface area contributed by atoms with Crippen molar-refractivity contribution in [1.82, 2.24) is 0 Å². The molecule has 0 aromatic heterocycles. The number of amides is 1. The van der Waals surface area contributed by atoms with Crippen molar-refractivity contribution in [2.24, 2.45) is 0 Å². The Morgan fingerprint density at radius 1 is 1.43 bits per heavy atom. The van der Waals surface area contributed by atoms with Gasteiger partial charge in [0.05, 0.1) is 17.4 Å². The van der Waals surface area contributed by atoms with Crippen LogP contribution in [0.25, 0.3) is 0 Å². The second-order valence-corrected chi connectivity index (χ2v) is 5.47. The van der Waals surface area contributed by atoms with Crippen LogP contribution in [-0.2, 0) is 19.7 Å². The number of anilines is 1. The number of hydrogen-bond acceptors (Lipinski definition) is 4. The number of fused-ring (bicyclic) bond motifs is 1. The van der Waals surface area contributed by atoms with Crippen LogP contribution in [0.5, 0.6) is 0 Å². The third-order valence-corrected chi connectivity index (χ3v) is 3.82. The van der Waals surface area contributed by atoms with Crippen molar-refractivity contribution in [3.05, 3.63) is 28.7 Å². The molecule has 1 unspecified atom stereocenters. The van der Waals surface area contributed by atoms with Gasteiger partial charge in [0, 0.05) is 17.8 Å². The molecule has 1 aromatic carbocycles. The number of carbonyl (C=O) groups is 2. The Hall–Kier alpha value is -2.44. The second-order valence-electron chi connectivity index (χ2n) is 5.47. The van der Waals surface area contributed by atoms with E-state index < -0.39 is 17.4 Å². The van der Waals surface area contributed by atoms with Crippen LogP contribution >= 0.6 is 0 Å². The van der Waals surface area contributed by atoms with E-state index in [4.69, 9.17) is 5.21 Å². The van der Waals surface area contributed by atoms with Gasteiger partial charge < -0.3 is 4.74 Å². The summed E-state index contributed by atoms with van der Waals surface area (Å²) in [5, 5.41) is 9.00. The summed E-state index contributed by atoms with van der Waals surface area (Å²) in [6, 6.07) is 3.60. The highest BCUT2D eigenvalue weighted by Gasteiger charge is 2.48. The Morgan fingerprint density at radius 3 is 2.57 bits per heavy atom. The van der Waals surface area contributed by atoms with Gasteiger partial charge in [-0.3, -0.25) is 9.69 Å². The van der Waals surface area contributed by atoms with E-state index in [1.54, 1.807) is 20.8 Å². The SMILES string of the molecule is COC(=O)C(C)N1C(=O)C(C)(C)c2cc([N+](=O)O)ccc21. The molecule has 1 amide bonds. The van der Waals surface area contributed by atoms with Gasteiger partial charge in [0.25, 0.3) is 4.92 Å². The van der Waals surface area contributed by atoms with Crippen LogP contribution in [0.3, 0.4) is 0 Å². The third-order valence-electron chi connectivity index (χ3n) is 3.82. The molecule has 21 heavy (non-hydrogen) atoms. The van der Waals surface area contributed by atoms with Crippen molar-refractivity contribution in [3.8, 4) is 0 Å². The standard InChI is InChI=1S/C14H17N2O5/c1-8(12(17)21-4)15-11-6-5-9(16(19)20)7-10(11)14(2,3)13(15)18/h5-8H,1-4H3,(H,19,20)/q+1. The third kappa shape index (κ3) is 2.14. The van der Waals surface area contributed by atoms with E-state index in [1.807, 2.05) is 0 Å². The zero-order valence-corrected chi connectivity index (χ0v) is 12.3. The van der Waals surface area contributed by atoms with E-state index in [1.165, 1.54) is 30.2 Å². The molecular formula is C14H17N2O5+. The number of nitrogens with zero attached hydrogens (tertiary/aromatic N) is 2. The number of benzene rings is 1. The van der Waals surface area contributed by atoms with Crippen LogP contribution in [0.15, 0.2) is 18.2 Å². The van der Waals surface area contributed by atoms with Crippen LogP contribution in [0.2, 0.25) is 0 Å². The quantitative estimate of drug-likeness (QED) is 0.676.